The van der Waals surface area contributed by atoms with E-state index in [2.05, 4.69) is 24.3 Å². The molecule has 5 heteroatoms. The van der Waals surface area contributed by atoms with Crippen molar-refractivity contribution >= 4 is 0 Å². The molecule has 4 saturated carbocycles. The summed E-state index contributed by atoms with van der Waals surface area (Å²) in [7, 11) is 0. The molecule has 0 unspecified atom stereocenters. The second-order valence-corrected chi connectivity index (χ2v) is 9.59. The third-order valence-electron chi connectivity index (χ3n) is 7.40. The molecular formula is C23H36NO4+. The number of rotatable bonds is 10. The molecular weight excluding hydrogens is 354 g/mol. The van der Waals surface area contributed by atoms with Crippen LogP contribution in [0.1, 0.15) is 44.1 Å². The molecule has 0 aliphatic heterocycles. The lowest BCUT2D eigenvalue weighted by Gasteiger charge is -2.57. The SMILES string of the molecule is OCC[NH+](CCO)C[C@@H](O)COc1ccc(C23CC4CC(CC(C4)C2)C3)cc1. The molecule has 1 aromatic rings. The van der Waals surface area contributed by atoms with E-state index in [-0.39, 0.29) is 19.8 Å². The van der Waals surface area contributed by atoms with Gasteiger partial charge < -0.3 is 25.0 Å². The van der Waals surface area contributed by atoms with E-state index >= 15 is 0 Å². The molecule has 0 amide bonds. The molecule has 1 aromatic carbocycles. The molecule has 0 aromatic heterocycles. The van der Waals surface area contributed by atoms with Crippen LogP contribution in [-0.2, 0) is 5.41 Å². The Labute approximate surface area is 168 Å². The van der Waals surface area contributed by atoms with Crippen LogP contribution >= 0.6 is 0 Å². The van der Waals surface area contributed by atoms with Crippen molar-refractivity contribution in [3.05, 3.63) is 29.8 Å². The molecule has 0 saturated heterocycles. The third-order valence-corrected chi connectivity index (χ3v) is 7.40. The number of nitrogens with one attached hydrogen (secondary N) is 1. The van der Waals surface area contributed by atoms with E-state index in [0.29, 0.717) is 25.0 Å². The highest BCUT2D eigenvalue weighted by molar-refractivity contribution is 5.34. The quantitative estimate of drug-likeness (QED) is 0.476. The maximum Gasteiger partial charge on any atom is 0.137 e. The van der Waals surface area contributed by atoms with Gasteiger partial charge in [-0.3, -0.25) is 0 Å². The van der Waals surface area contributed by atoms with Crippen molar-refractivity contribution in [2.45, 2.75) is 50.0 Å². The Balaban J connectivity index is 1.31. The first-order valence-corrected chi connectivity index (χ1v) is 11.1. The van der Waals surface area contributed by atoms with Gasteiger partial charge >= 0.3 is 0 Å². The monoisotopic (exact) mass is 390 g/mol. The minimum absolute atomic E-state index is 0.0503. The standard InChI is InChI=1S/C23H35NO4/c25-7-5-24(6-8-26)15-21(27)16-28-22-3-1-20(2-4-22)23-12-17-9-18(13-23)11-19(10-17)14-23/h1-4,17-19,21,25-27H,5-16H2/p+1/t17?,18?,19?,21-,23?/m1/s1. The first kappa shape index (κ1) is 20.1. The molecule has 4 aliphatic carbocycles. The fraction of sp³-hybridized carbons (Fsp3) is 0.739. The van der Waals surface area contributed by atoms with Crippen molar-refractivity contribution in [2.75, 3.05) is 39.5 Å². The molecule has 5 nitrogen and oxygen atoms in total. The summed E-state index contributed by atoms with van der Waals surface area (Å²) in [5, 5.41) is 28.4. The lowest BCUT2D eigenvalue weighted by atomic mass is 9.48. The molecule has 5 rings (SSSR count). The van der Waals surface area contributed by atoms with E-state index < -0.39 is 6.10 Å². The predicted molar refractivity (Wildman–Crippen MR) is 108 cm³/mol. The Morgan fingerprint density at radius 3 is 1.96 bits per heavy atom. The van der Waals surface area contributed by atoms with Crippen LogP contribution in [0.15, 0.2) is 24.3 Å². The van der Waals surface area contributed by atoms with Gasteiger partial charge in [-0.05, 0) is 79.4 Å². The summed E-state index contributed by atoms with van der Waals surface area (Å²) < 4.78 is 5.81. The van der Waals surface area contributed by atoms with Gasteiger partial charge in [-0.25, -0.2) is 0 Å². The zero-order valence-electron chi connectivity index (χ0n) is 16.9. The first-order chi connectivity index (χ1) is 13.6. The van der Waals surface area contributed by atoms with Crippen LogP contribution in [0.4, 0.5) is 0 Å². The van der Waals surface area contributed by atoms with Crippen molar-refractivity contribution in [3.8, 4) is 5.75 Å². The smallest absolute Gasteiger partial charge is 0.137 e. The highest BCUT2D eigenvalue weighted by atomic mass is 16.5. The second-order valence-electron chi connectivity index (χ2n) is 9.59. The summed E-state index contributed by atoms with van der Waals surface area (Å²) in [6, 6.07) is 8.63. The Morgan fingerprint density at radius 1 is 0.929 bits per heavy atom. The molecule has 28 heavy (non-hydrogen) atoms. The van der Waals surface area contributed by atoms with Gasteiger partial charge in [-0.2, -0.15) is 0 Å². The van der Waals surface area contributed by atoms with E-state index in [1.54, 1.807) is 0 Å². The van der Waals surface area contributed by atoms with Crippen LogP contribution in [-0.4, -0.2) is 60.9 Å². The van der Waals surface area contributed by atoms with Crippen LogP contribution in [0.25, 0.3) is 0 Å². The number of aliphatic hydroxyl groups is 3. The summed E-state index contributed by atoms with van der Waals surface area (Å²) >= 11 is 0. The Morgan fingerprint density at radius 2 is 1.46 bits per heavy atom. The van der Waals surface area contributed by atoms with Crippen molar-refractivity contribution in [1.82, 2.24) is 0 Å². The largest absolute Gasteiger partial charge is 0.491 e. The number of quaternary nitrogens is 1. The number of ether oxygens (including phenoxy) is 1. The van der Waals surface area contributed by atoms with E-state index in [1.807, 2.05) is 0 Å². The van der Waals surface area contributed by atoms with Gasteiger partial charge in [0.2, 0.25) is 0 Å². The van der Waals surface area contributed by atoms with Crippen molar-refractivity contribution in [1.29, 1.82) is 0 Å². The molecule has 4 aliphatic rings. The summed E-state index contributed by atoms with van der Waals surface area (Å²) in [6.45, 7) is 1.85. The number of benzene rings is 1. The minimum Gasteiger partial charge on any atom is -0.491 e. The number of aliphatic hydroxyl groups excluding tert-OH is 3. The van der Waals surface area contributed by atoms with E-state index in [1.165, 1.54) is 44.1 Å². The molecule has 0 heterocycles. The molecule has 1 atom stereocenters. The van der Waals surface area contributed by atoms with Crippen molar-refractivity contribution in [2.24, 2.45) is 17.8 Å². The molecule has 156 valence electrons. The lowest BCUT2D eigenvalue weighted by molar-refractivity contribution is -0.903. The summed E-state index contributed by atoms with van der Waals surface area (Å²) in [5.74, 6) is 3.64. The topological polar surface area (TPSA) is 74.4 Å². The van der Waals surface area contributed by atoms with Crippen LogP contribution in [0.5, 0.6) is 5.75 Å². The molecule has 4 fully saturated rings. The average Bonchev–Trinajstić information content (AvgIpc) is 2.66. The zero-order chi connectivity index (χ0) is 19.6. The van der Waals surface area contributed by atoms with E-state index in [9.17, 15) is 5.11 Å². The second kappa shape index (κ2) is 8.70. The highest BCUT2D eigenvalue weighted by Crippen LogP contribution is 2.60. The zero-order valence-corrected chi connectivity index (χ0v) is 16.9. The van der Waals surface area contributed by atoms with Crippen molar-refractivity contribution < 1.29 is 25.0 Å². The molecule has 4 N–H and O–H groups in total. The Hall–Kier alpha value is -1.14. The lowest BCUT2D eigenvalue weighted by Crippen LogP contribution is -3.14. The van der Waals surface area contributed by atoms with E-state index in [4.69, 9.17) is 14.9 Å². The molecule has 0 spiro atoms. The predicted octanol–water partition coefficient (Wildman–Crippen LogP) is 0.764. The third kappa shape index (κ3) is 4.38. The Kier molecular flexibility index (Phi) is 6.26. The van der Waals surface area contributed by atoms with Gasteiger partial charge in [0.1, 0.15) is 38.1 Å². The Bertz CT molecular complexity index is 591. The average molecular weight is 391 g/mol. The normalized spacial score (nSPS) is 32.1. The van der Waals surface area contributed by atoms with Crippen LogP contribution in [0, 0.1) is 17.8 Å². The maximum absolute atomic E-state index is 10.2. The first-order valence-electron chi connectivity index (χ1n) is 11.1. The maximum atomic E-state index is 10.2. The van der Waals surface area contributed by atoms with Gasteiger partial charge in [-0.15, -0.1) is 0 Å². The van der Waals surface area contributed by atoms with Crippen molar-refractivity contribution in [3.63, 3.8) is 0 Å². The molecule has 4 bridgehead atoms. The van der Waals surface area contributed by atoms with Gasteiger partial charge in [0.15, 0.2) is 0 Å². The van der Waals surface area contributed by atoms with E-state index in [0.717, 1.165) is 28.4 Å². The van der Waals surface area contributed by atoms with Crippen LogP contribution in [0.3, 0.4) is 0 Å². The number of hydrogen-bond acceptors (Lipinski definition) is 4. The van der Waals surface area contributed by atoms with Gasteiger partial charge in [0.05, 0.1) is 13.2 Å². The van der Waals surface area contributed by atoms with Crippen LogP contribution < -0.4 is 9.64 Å². The summed E-state index contributed by atoms with van der Waals surface area (Å²) in [4.78, 5) is 0.985. The summed E-state index contributed by atoms with van der Waals surface area (Å²) in [6.07, 6.45) is 7.87. The molecule has 0 radical (unpaired) electrons. The fourth-order valence-electron chi connectivity index (χ4n) is 6.60. The van der Waals surface area contributed by atoms with Gasteiger partial charge in [0.25, 0.3) is 0 Å². The number of hydrogen-bond donors (Lipinski definition) is 4. The van der Waals surface area contributed by atoms with Gasteiger partial charge in [0, 0.05) is 0 Å². The highest BCUT2D eigenvalue weighted by Gasteiger charge is 2.51. The summed E-state index contributed by atoms with van der Waals surface area (Å²) in [5.41, 5.74) is 1.90. The fourth-order valence-corrected chi connectivity index (χ4v) is 6.60. The minimum atomic E-state index is -0.615. The van der Waals surface area contributed by atoms with Crippen LogP contribution in [0.2, 0.25) is 0 Å². The van der Waals surface area contributed by atoms with Gasteiger partial charge in [-0.1, -0.05) is 12.1 Å².